The van der Waals surface area contributed by atoms with Crippen molar-refractivity contribution in [2.45, 2.75) is 25.8 Å². The molecule has 0 radical (unpaired) electrons. The Labute approximate surface area is 188 Å². The van der Waals surface area contributed by atoms with Gasteiger partial charge in [0.25, 0.3) is 5.91 Å². The number of benzene rings is 2. The molecule has 0 aliphatic carbocycles. The van der Waals surface area contributed by atoms with E-state index in [1.54, 1.807) is 19.2 Å². The third-order valence-corrected chi connectivity index (χ3v) is 5.41. The van der Waals surface area contributed by atoms with Crippen LogP contribution in [0.4, 0.5) is 20.3 Å². The minimum atomic E-state index is -1.08. The maximum atomic E-state index is 13.4. The van der Waals surface area contributed by atoms with Crippen LogP contribution in [0.3, 0.4) is 0 Å². The van der Waals surface area contributed by atoms with Crippen molar-refractivity contribution in [3.8, 4) is 22.6 Å². The summed E-state index contributed by atoms with van der Waals surface area (Å²) in [5, 5.41) is 9.88. The Balaban J connectivity index is 1.63. The molecule has 10 heteroatoms. The minimum Gasteiger partial charge on any atom is -0.493 e. The van der Waals surface area contributed by atoms with E-state index in [-0.39, 0.29) is 18.0 Å². The predicted molar refractivity (Wildman–Crippen MR) is 117 cm³/mol. The number of halogens is 2. The van der Waals surface area contributed by atoms with E-state index in [1.807, 2.05) is 13.0 Å². The Morgan fingerprint density at radius 2 is 1.88 bits per heavy atom. The summed E-state index contributed by atoms with van der Waals surface area (Å²) in [5.74, 6) is -1.43. The fraction of sp³-hybridized carbons (Fsp3) is 0.261. The normalized spacial score (nSPS) is 14.6. The zero-order chi connectivity index (χ0) is 23.7. The Kier molecular flexibility index (Phi) is 5.99. The van der Waals surface area contributed by atoms with Gasteiger partial charge in [0, 0.05) is 17.3 Å². The molecule has 3 aromatic rings. The van der Waals surface area contributed by atoms with Crippen LogP contribution in [-0.4, -0.2) is 35.8 Å². The van der Waals surface area contributed by atoms with Crippen molar-refractivity contribution in [3.63, 3.8) is 0 Å². The van der Waals surface area contributed by atoms with Gasteiger partial charge in [-0.05, 0) is 36.2 Å². The topological polar surface area (TPSA) is 94.5 Å². The summed E-state index contributed by atoms with van der Waals surface area (Å²) in [6.45, 7) is 1.94. The second-order valence-corrected chi connectivity index (χ2v) is 7.42. The fourth-order valence-corrected chi connectivity index (χ4v) is 3.82. The maximum Gasteiger partial charge on any atom is 0.251 e. The van der Waals surface area contributed by atoms with Crippen molar-refractivity contribution >= 4 is 23.3 Å². The van der Waals surface area contributed by atoms with Gasteiger partial charge in [-0.2, -0.15) is 5.10 Å². The van der Waals surface area contributed by atoms with Crippen molar-refractivity contribution in [2.24, 2.45) is 0 Å². The molecule has 0 saturated heterocycles. The zero-order valence-corrected chi connectivity index (χ0v) is 18.2. The number of hydrogen-bond donors (Lipinski definition) is 2. The van der Waals surface area contributed by atoms with Gasteiger partial charge in [0.1, 0.15) is 11.9 Å². The standard InChI is InChI=1S/C23H22F2N4O4/c1-4-16-21(12-5-8-18(32-2)19(9-12)33-3)22-27-23(31)17(29(22)28-16)11-20(30)26-13-6-7-14(24)15(25)10-13/h5-10,17H,4,11H2,1-3H3,(H,26,30)(H,27,31). The van der Waals surface area contributed by atoms with Gasteiger partial charge in [-0.15, -0.1) is 0 Å². The van der Waals surface area contributed by atoms with Crippen LogP contribution in [-0.2, 0) is 16.0 Å². The summed E-state index contributed by atoms with van der Waals surface area (Å²) in [4.78, 5) is 25.2. The van der Waals surface area contributed by atoms with Gasteiger partial charge in [-0.1, -0.05) is 13.0 Å². The molecule has 1 unspecified atom stereocenters. The summed E-state index contributed by atoms with van der Waals surface area (Å²) in [7, 11) is 3.08. The number of rotatable bonds is 7. The number of carbonyl (C=O) groups is 2. The highest BCUT2D eigenvalue weighted by molar-refractivity contribution is 6.04. The van der Waals surface area contributed by atoms with E-state index in [0.717, 1.165) is 29.0 Å². The molecule has 2 N–H and O–H groups in total. The molecule has 4 rings (SSSR count). The number of anilines is 2. The quantitative estimate of drug-likeness (QED) is 0.562. The Morgan fingerprint density at radius 1 is 1.12 bits per heavy atom. The first-order valence-electron chi connectivity index (χ1n) is 10.3. The number of ether oxygens (including phenoxy) is 2. The molecule has 172 valence electrons. The van der Waals surface area contributed by atoms with Crippen molar-refractivity contribution < 1.29 is 27.8 Å². The van der Waals surface area contributed by atoms with Gasteiger partial charge in [0.05, 0.1) is 26.3 Å². The summed E-state index contributed by atoms with van der Waals surface area (Å²) in [5.41, 5.74) is 2.34. The molecular formula is C23H22F2N4O4. The first kappa shape index (κ1) is 22.3. The van der Waals surface area contributed by atoms with Gasteiger partial charge in [-0.3, -0.25) is 9.59 Å². The highest BCUT2D eigenvalue weighted by atomic mass is 19.2. The molecule has 1 aliphatic heterocycles. The van der Waals surface area contributed by atoms with Crippen molar-refractivity contribution in [1.82, 2.24) is 9.78 Å². The van der Waals surface area contributed by atoms with Crippen LogP contribution < -0.4 is 20.1 Å². The molecule has 2 heterocycles. The smallest absolute Gasteiger partial charge is 0.251 e. The van der Waals surface area contributed by atoms with E-state index in [0.29, 0.717) is 23.7 Å². The van der Waals surface area contributed by atoms with E-state index in [2.05, 4.69) is 15.7 Å². The van der Waals surface area contributed by atoms with Crippen molar-refractivity contribution in [2.75, 3.05) is 24.9 Å². The second kappa shape index (κ2) is 8.89. The lowest BCUT2D eigenvalue weighted by Gasteiger charge is -2.10. The number of nitrogens with zero attached hydrogens (tertiary/aromatic N) is 2. The largest absolute Gasteiger partial charge is 0.493 e. The lowest BCUT2D eigenvalue weighted by atomic mass is 10.0. The predicted octanol–water partition coefficient (Wildman–Crippen LogP) is 3.93. The highest BCUT2D eigenvalue weighted by Crippen LogP contribution is 2.41. The number of aryl methyl sites for hydroxylation is 1. The molecule has 0 saturated carbocycles. The highest BCUT2D eigenvalue weighted by Gasteiger charge is 2.37. The number of amides is 2. The van der Waals surface area contributed by atoms with E-state index in [1.165, 1.54) is 17.9 Å². The lowest BCUT2D eigenvalue weighted by Crippen LogP contribution is -2.24. The molecule has 33 heavy (non-hydrogen) atoms. The molecule has 0 bridgehead atoms. The molecule has 0 spiro atoms. The van der Waals surface area contributed by atoms with E-state index in [9.17, 15) is 18.4 Å². The van der Waals surface area contributed by atoms with Crippen LogP contribution in [0, 0.1) is 11.6 Å². The molecule has 2 aromatic carbocycles. The second-order valence-electron chi connectivity index (χ2n) is 7.42. The molecule has 1 atom stereocenters. The first-order valence-corrected chi connectivity index (χ1v) is 10.3. The average Bonchev–Trinajstić information content (AvgIpc) is 3.30. The number of fused-ring (bicyclic) bond motifs is 1. The van der Waals surface area contributed by atoms with Crippen molar-refractivity contribution in [3.05, 3.63) is 53.7 Å². The van der Waals surface area contributed by atoms with E-state index >= 15 is 0 Å². The number of nitrogens with one attached hydrogen (secondary N) is 2. The van der Waals surface area contributed by atoms with Gasteiger partial charge >= 0.3 is 0 Å². The lowest BCUT2D eigenvalue weighted by molar-refractivity contribution is -0.123. The van der Waals surface area contributed by atoms with Gasteiger partial charge in [0.2, 0.25) is 5.91 Å². The number of aromatic nitrogens is 2. The Bertz CT molecular complexity index is 1240. The summed E-state index contributed by atoms with van der Waals surface area (Å²) >= 11 is 0. The monoisotopic (exact) mass is 456 g/mol. The van der Waals surface area contributed by atoms with E-state index in [4.69, 9.17) is 9.47 Å². The van der Waals surface area contributed by atoms with Crippen LogP contribution in [0.1, 0.15) is 25.1 Å². The maximum absolute atomic E-state index is 13.4. The number of methoxy groups -OCH3 is 2. The first-order chi connectivity index (χ1) is 15.9. The van der Waals surface area contributed by atoms with Crippen LogP contribution >= 0.6 is 0 Å². The van der Waals surface area contributed by atoms with Crippen LogP contribution in [0.2, 0.25) is 0 Å². The fourth-order valence-electron chi connectivity index (χ4n) is 3.82. The Hall–Kier alpha value is -3.95. The third kappa shape index (κ3) is 4.11. The SMILES string of the molecule is CCc1nn2c(c1-c1ccc(OC)c(OC)c1)NC(=O)C2CC(=O)Nc1ccc(F)c(F)c1. The van der Waals surface area contributed by atoms with Crippen molar-refractivity contribution in [1.29, 1.82) is 0 Å². The molecule has 1 aromatic heterocycles. The van der Waals surface area contributed by atoms with Crippen LogP contribution in [0.25, 0.3) is 11.1 Å². The van der Waals surface area contributed by atoms with Gasteiger partial charge < -0.3 is 20.1 Å². The molecule has 2 amide bonds. The molecule has 1 aliphatic rings. The molecule has 0 fully saturated rings. The van der Waals surface area contributed by atoms with Crippen LogP contribution in [0.5, 0.6) is 11.5 Å². The van der Waals surface area contributed by atoms with Gasteiger partial charge in [0.15, 0.2) is 23.1 Å². The summed E-state index contributed by atoms with van der Waals surface area (Å²) < 4.78 is 38.7. The zero-order valence-electron chi connectivity index (χ0n) is 18.2. The van der Waals surface area contributed by atoms with E-state index < -0.39 is 23.6 Å². The third-order valence-electron chi connectivity index (χ3n) is 5.41. The summed E-state index contributed by atoms with van der Waals surface area (Å²) in [6.07, 6.45) is 0.362. The Morgan fingerprint density at radius 3 is 2.55 bits per heavy atom. The van der Waals surface area contributed by atoms with Crippen LogP contribution in [0.15, 0.2) is 36.4 Å². The minimum absolute atomic E-state index is 0.0956. The molecule has 8 nitrogen and oxygen atoms in total. The number of carbonyl (C=O) groups excluding carboxylic acids is 2. The summed E-state index contributed by atoms with van der Waals surface area (Å²) in [6, 6.07) is 7.56. The molecular weight excluding hydrogens is 434 g/mol. The average molecular weight is 456 g/mol. The number of hydrogen-bond acceptors (Lipinski definition) is 5. The van der Waals surface area contributed by atoms with Gasteiger partial charge in [-0.25, -0.2) is 13.5 Å².